The average Bonchev–Trinajstić information content (AvgIpc) is 3.46. The van der Waals surface area contributed by atoms with Gasteiger partial charge in [-0.15, -0.1) is 0 Å². The molecule has 8 nitrogen and oxygen atoms in total. The fraction of sp³-hybridized carbons (Fsp3) is 0.258. The number of carbonyl (C=O) groups excluding carboxylic acids is 2. The Kier molecular flexibility index (Phi) is 7.36. The van der Waals surface area contributed by atoms with Crippen LogP contribution in [0.3, 0.4) is 0 Å². The summed E-state index contributed by atoms with van der Waals surface area (Å²) in [4.78, 5) is 34.6. The SMILES string of the molecule is CCc1nc2c(cc1NC(=O)c1ccccc1)c(OC(C)C)c(C(=O)NCCc1c[nH]c3ccccc13)n2C. The molecule has 0 spiro atoms. The molecule has 0 radical (unpaired) electrons. The summed E-state index contributed by atoms with van der Waals surface area (Å²) >= 11 is 0. The zero-order valence-corrected chi connectivity index (χ0v) is 22.7. The Morgan fingerprint density at radius 2 is 1.77 bits per heavy atom. The number of hydrogen-bond donors (Lipinski definition) is 3. The number of ether oxygens (including phenoxy) is 1. The lowest BCUT2D eigenvalue weighted by Gasteiger charge is -2.13. The second-order valence-corrected chi connectivity index (χ2v) is 9.80. The first-order chi connectivity index (χ1) is 18.9. The molecule has 0 bridgehead atoms. The number of carbonyl (C=O) groups is 2. The van der Waals surface area contributed by atoms with E-state index >= 15 is 0 Å². The number of nitrogens with one attached hydrogen (secondary N) is 3. The van der Waals surface area contributed by atoms with E-state index in [9.17, 15) is 9.59 Å². The molecule has 0 aliphatic heterocycles. The van der Waals surface area contributed by atoms with Crippen molar-refractivity contribution in [3.05, 3.63) is 89.4 Å². The molecule has 3 heterocycles. The molecule has 39 heavy (non-hydrogen) atoms. The lowest BCUT2D eigenvalue weighted by Crippen LogP contribution is -2.28. The number of benzene rings is 2. The number of aromatic amines is 1. The number of fused-ring (bicyclic) bond motifs is 2. The molecule has 0 aliphatic carbocycles. The van der Waals surface area contributed by atoms with Crippen LogP contribution in [-0.4, -0.2) is 39.0 Å². The van der Waals surface area contributed by atoms with Crippen LogP contribution < -0.4 is 15.4 Å². The monoisotopic (exact) mass is 523 g/mol. The molecule has 0 saturated carbocycles. The highest BCUT2D eigenvalue weighted by Crippen LogP contribution is 2.35. The molecular formula is C31H33N5O3. The van der Waals surface area contributed by atoms with E-state index in [1.54, 1.807) is 16.7 Å². The van der Waals surface area contributed by atoms with Gasteiger partial charge in [0.1, 0.15) is 5.65 Å². The minimum atomic E-state index is -0.237. The summed E-state index contributed by atoms with van der Waals surface area (Å²) in [5, 5.41) is 7.90. The molecule has 3 N–H and O–H groups in total. The fourth-order valence-corrected chi connectivity index (χ4v) is 4.85. The first-order valence-corrected chi connectivity index (χ1v) is 13.3. The van der Waals surface area contributed by atoms with Crippen LogP contribution in [0.1, 0.15) is 52.9 Å². The number of nitrogens with zero attached hydrogens (tertiary/aromatic N) is 2. The summed E-state index contributed by atoms with van der Waals surface area (Å²) in [7, 11) is 1.82. The van der Waals surface area contributed by atoms with Gasteiger partial charge in [-0.05, 0) is 56.5 Å². The van der Waals surface area contributed by atoms with Crippen molar-refractivity contribution in [2.24, 2.45) is 7.05 Å². The second-order valence-electron chi connectivity index (χ2n) is 9.80. The van der Waals surface area contributed by atoms with Crippen LogP contribution >= 0.6 is 0 Å². The number of H-pyrrole nitrogens is 1. The predicted octanol–water partition coefficient (Wildman–Crippen LogP) is 5.63. The van der Waals surface area contributed by atoms with Gasteiger partial charge in [-0.2, -0.15) is 0 Å². The third-order valence-corrected chi connectivity index (χ3v) is 6.74. The third kappa shape index (κ3) is 5.23. The number of amides is 2. The Hall–Kier alpha value is -4.59. The maximum atomic E-state index is 13.5. The lowest BCUT2D eigenvalue weighted by molar-refractivity contribution is 0.0939. The largest absolute Gasteiger partial charge is 0.488 e. The smallest absolute Gasteiger partial charge is 0.271 e. The van der Waals surface area contributed by atoms with Crippen molar-refractivity contribution in [2.75, 3.05) is 11.9 Å². The Balaban J connectivity index is 1.46. The molecule has 2 amide bonds. The Morgan fingerprint density at radius 3 is 2.51 bits per heavy atom. The van der Waals surface area contributed by atoms with Gasteiger partial charge in [-0.1, -0.05) is 43.3 Å². The quantitative estimate of drug-likeness (QED) is 0.233. The molecule has 5 aromatic rings. The molecule has 3 aromatic heterocycles. The van der Waals surface area contributed by atoms with Crippen molar-refractivity contribution in [1.29, 1.82) is 0 Å². The van der Waals surface area contributed by atoms with E-state index in [2.05, 4.69) is 21.7 Å². The summed E-state index contributed by atoms with van der Waals surface area (Å²) in [5.41, 5.74) is 5.14. The number of aromatic nitrogens is 3. The van der Waals surface area contributed by atoms with Crippen LogP contribution in [0.5, 0.6) is 5.75 Å². The maximum Gasteiger partial charge on any atom is 0.271 e. The van der Waals surface area contributed by atoms with Crippen molar-refractivity contribution < 1.29 is 14.3 Å². The molecule has 0 aliphatic rings. The zero-order chi connectivity index (χ0) is 27.5. The van der Waals surface area contributed by atoms with Crippen LogP contribution in [0.2, 0.25) is 0 Å². The van der Waals surface area contributed by atoms with Crippen LogP contribution in [0.4, 0.5) is 5.69 Å². The summed E-state index contributed by atoms with van der Waals surface area (Å²) in [6.07, 6.45) is 3.12. The van der Waals surface area contributed by atoms with E-state index in [4.69, 9.17) is 9.72 Å². The van der Waals surface area contributed by atoms with Crippen molar-refractivity contribution in [1.82, 2.24) is 19.9 Å². The standard InChI is InChI=1S/C31H33N5O3/c1-5-24-26(35-30(37)20-11-7-6-8-12-20)17-23-28(39-19(2)3)27(36(4)29(23)34-24)31(38)32-16-15-21-18-33-25-14-10-9-13-22(21)25/h6-14,17-19,33H,5,15-16H2,1-4H3,(H,32,38)(H,35,37). The molecular weight excluding hydrogens is 490 g/mol. The van der Waals surface area contributed by atoms with Gasteiger partial charge >= 0.3 is 0 Å². The van der Waals surface area contributed by atoms with Gasteiger partial charge in [-0.25, -0.2) is 4.98 Å². The van der Waals surface area contributed by atoms with Gasteiger partial charge < -0.3 is 24.9 Å². The molecule has 8 heteroatoms. The van der Waals surface area contributed by atoms with E-state index < -0.39 is 0 Å². The minimum absolute atomic E-state index is 0.165. The maximum absolute atomic E-state index is 13.5. The number of hydrogen-bond acceptors (Lipinski definition) is 4. The average molecular weight is 524 g/mol. The van der Waals surface area contributed by atoms with Crippen LogP contribution in [0.15, 0.2) is 66.9 Å². The van der Waals surface area contributed by atoms with E-state index in [1.807, 2.05) is 76.5 Å². The molecule has 0 saturated heterocycles. The van der Waals surface area contributed by atoms with Crippen LogP contribution in [0, 0.1) is 0 Å². The van der Waals surface area contributed by atoms with E-state index in [1.165, 1.54) is 0 Å². The van der Waals surface area contributed by atoms with Gasteiger partial charge in [0.05, 0.1) is 22.9 Å². The third-order valence-electron chi connectivity index (χ3n) is 6.74. The van der Waals surface area contributed by atoms with Gasteiger partial charge in [-0.3, -0.25) is 9.59 Å². The van der Waals surface area contributed by atoms with E-state index in [0.29, 0.717) is 53.1 Å². The highest BCUT2D eigenvalue weighted by Gasteiger charge is 2.26. The fourth-order valence-electron chi connectivity index (χ4n) is 4.85. The molecule has 0 fully saturated rings. The highest BCUT2D eigenvalue weighted by atomic mass is 16.5. The van der Waals surface area contributed by atoms with Crippen molar-refractivity contribution in [3.8, 4) is 5.75 Å². The van der Waals surface area contributed by atoms with Crippen LogP contribution in [0.25, 0.3) is 21.9 Å². The number of rotatable bonds is 9. The first-order valence-electron chi connectivity index (χ1n) is 13.3. The number of anilines is 1. The van der Waals surface area contributed by atoms with Gasteiger partial charge in [0.2, 0.25) is 0 Å². The Bertz CT molecular complexity index is 1650. The zero-order valence-electron chi connectivity index (χ0n) is 22.7. The summed E-state index contributed by atoms with van der Waals surface area (Å²) in [6.45, 7) is 6.29. The molecule has 0 unspecified atom stereocenters. The summed E-state index contributed by atoms with van der Waals surface area (Å²) in [5.74, 6) is 0.000301. The topological polar surface area (TPSA) is 101 Å². The number of aryl methyl sites for hydroxylation is 2. The first kappa shape index (κ1) is 26.0. The van der Waals surface area contributed by atoms with Gasteiger partial charge in [0.25, 0.3) is 11.8 Å². The molecule has 0 atom stereocenters. The number of para-hydroxylation sites is 1. The summed E-state index contributed by atoms with van der Waals surface area (Å²) < 4.78 is 7.96. The normalized spacial score (nSPS) is 11.3. The van der Waals surface area contributed by atoms with Crippen molar-refractivity contribution in [2.45, 2.75) is 39.7 Å². The molecule has 5 rings (SSSR count). The minimum Gasteiger partial charge on any atom is -0.488 e. The predicted molar refractivity (Wildman–Crippen MR) is 155 cm³/mol. The second kappa shape index (κ2) is 11.0. The summed E-state index contributed by atoms with van der Waals surface area (Å²) in [6, 6.07) is 19.0. The van der Waals surface area contributed by atoms with Crippen molar-refractivity contribution in [3.63, 3.8) is 0 Å². The number of pyridine rings is 1. The van der Waals surface area contributed by atoms with E-state index in [-0.39, 0.29) is 17.9 Å². The Morgan fingerprint density at radius 1 is 1.03 bits per heavy atom. The van der Waals surface area contributed by atoms with Gasteiger partial charge in [0.15, 0.2) is 11.4 Å². The molecule has 200 valence electrons. The lowest BCUT2D eigenvalue weighted by atomic mass is 10.1. The van der Waals surface area contributed by atoms with Crippen molar-refractivity contribution >= 4 is 39.4 Å². The molecule has 2 aromatic carbocycles. The van der Waals surface area contributed by atoms with E-state index in [0.717, 1.165) is 22.2 Å². The Labute approximate surface area is 227 Å². The van der Waals surface area contributed by atoms with Gasteiger partial charge in [0, 0.05) is 36.3 Å². The van der Waals surface area contributed by atoms with Crippen LogP contribution in [-0.2, 0) is 19.9 Å². The highest BCUT2D eigenvalue weighted by molar-refractivity contribution is 6.07.